The summed E-state index contributed by atoms with van der Waals surface area (Å²) in [5.41, 5.74) is 1.49. The quantitative estimate of drug-likeness (QED) is 0.579. The van der Waals surface area contributed by atoms with E-state index in [1.54, 1.807) is 18.2 Å². The highest BCUT2D eigenvalue weighted by atomic mass is 79.9. The molecule has 0 heterocycles. The molecule has 126 valence electrons. The third-order valence-electron chi connectivity index (χ3n) is 4.01. The van der Waals surface area contributed by atoms with E-state index < -0.39 is 0 Å². The Morgan fingerprint density at radius 2 is 1.76 bits per heavy atom. The van der Waals surface area contributed by atoms with Gasteiger partial charge < -0.3 is 5.11 Å². The van der Waals surface area contributed by atoms with Gasteiger partial charge in [0.1, 0.15) is 11.8 Å². The molecule has 2 aromatic rings. The van der Waals surface area contributed by atoms with Crippen molar-refractivity contribution < 1.29 is 9.90 Å². The Hall–Kier alpha value is -1.55. The summed E-state index contributed by atoms with van der Waals surface area (Å²) in [6, 6.07) is 15.0. The standard InChI is InChI=1S/C19H13Br2NO2S/c20-13-5-3-6-14(21)18(13)12-8-15(23)19(16(24)9-12)25-17-7-2-1-4-11(17)10-22/h1-7,12,23H,8-9H2. The third kappa shape index (κ3) is 3.84. The number of aliphatic hydroxyl groups excluding tert-OH is 1. The number of Topliss-reactive ketones (excluding diaryl/α,β-unsaturated/α-hetero) is 1. The van der Waals surface area contributed by atoms with Crippen molar-refractivity contribution in [3.63, 3.8) is 0 Å². The molecular formula is C19H13Br2NO2S. The fraction of sp³-hybridized carbons (Fsp3) is 0.158. The fourth-order valence-electron chi connectivity index (χ4n) is 2.85. The number of aliphatic hydroxyl groups is 1. The van der Waals surface area contributed by atoms with E-state index in [0.717, 1.165) is 14.5 Å². The topological polar surface area (TPSA) is 61.1 Å². The summed E-state index contributed by atoms with van der Waals surface area (Å²) in [5.74, 6) is -0.108. The first-order valence-electron chi connectivity index (χ1n) is 7.57. The number of halogens is 2. The molecule has 1 aliphatic carbocycles. The zero-order valence-corrected chi connectivity index (χ0v) is 17.0. The molecule has 1 aliphatic rings. The number of hydrogen-bond acceptors (Lipinski definition) is 4. The molecule has 0 spiro atoms. The Morgan fingerprint density at radius 3 is 2.40 bits per heavy atom. The van der Waals surface area contributed by atoms with Gasteiger partial charge in [-0.1, -0.05) is 61.8 Å². The number of ketones is 1. The zero-order valence-electron chi connectivity index (χ0n) is 13.0. The summed E-state index contributed by atoms with van der Waals surface area (Å²) < 4.78 is 1.83. The van der Waals surface area contributed by atoms with Crippen LogP contribution in [-0.4, -0.2) is 10.9 Å². The monoisotopic (exact) mass is 477 g/mol. The lowest BCUT2D eigenvalue weighted by Crippen LogP contribution is -2.17. The predicted molar refractivity (Wildman–Crippen MR) is 105 cm³/mol. The summed E-state index contributed by atoms with van der Waals surface area (Å²) in [7, 11) is 0. The zero-order chi connectivity index (χ0) is 18.0. The van der Waals surface area contributed by atoms with Crippen molar-refractivity contribution in [1.82, 2.24) is 0 Å². The number of carbonyl (C=O) groups excluding carboxylic acids is 1. The van der Waals surface area contributed by atoms with Crippen molar-refractivity contribution in [3.8, 4) is 6.07 Å². The predicted octanol–water partition coefficient (Wildman–Crippen LogP) is 6.09. The van der Waals surface area contributed by atoms with Gasteiger partial charge in [-0.15, -0.1) is 0 Å². The van der Waals surface area contributed by atoms with Crippen LogP contribution in [0, 0.1) is 11.3 Å². The van der Waals surface area contributed by atoms with E-state index in [9.17, 15) is 15.2 Å². The van der Waals surface area contributed by atoms with Gasteiger partial charge in [0.25, 0.3) is 0 Å². The molecule has 0 bridgehead atoms. The Balaban J connectivity index is 1.91. The van der Waals surface area contributed by atoms with E-state index in [1.165, 1.54) is 11.8 Å². The third-order valence-corrected chi connectivity index (χ3v) is 6.64. The highest BCUT2D eigenvalue weighted by molar-refractivity contribution is 9.11. The average molecular weight is 479 g/mol. The lowest BCUT2D eigenvalue weighted by atomic mass is 9.86. The van der Waals surface area contributed by atoms with Crippen molar-refractivity contribution in [2.24, 2.45) is 0 Å². The minimum absolute atomic E-state index is 0.0849. The van der Waals surface area contributed by atoms with Gasteiger partial charge in [-0.25, -0.2) is 0 Å². The van der Waals surface area contributed by atoms with Crippen LogP contribution in [0.2, 0.25) is 0 Å². The van der Waals surface area contributed by atoms with Crippen LogP contribution in [-0.2, 0) is 4.79 Å². The summed E-state index contributed by atoms with van der Waals surface area (Å²) >= 11 is 8.23. The fourth-order valence-corrected chi connectivity index (χ4v) is 5.49. The molecule has 0 amide bonds. The number of nitriles is 1. The van der Waals surface area contributed by atoms with Gasteiger partial charge >= 0.3 is 0 Å². The second-order valence-corrected chi connectivity index (χ2v) is 8.41. The van der Waals surface area contributed by atoms with Crippen molar-refractivity contribution >= 4 is 49.4 Å². The number of hydrogen-bond donors (Lipinski definition) is 1. The Morgan fingerprint density at radius 1 is 1.08 bits per heavy atom. The lowest BCUT2D eigenvalue weighted by molar-refractivity contribution is -0.115. The number of allylic oxidation sites excluding steroid dienone is 2. The van der Waals surface area contributed by atoms with Crippen LogP contribution in [0.15, 0.2) is 67.0 Å². The highest BCUT2D eigenvalue weighted by Gasteiger charge is 2.31. The molecule has 0 radical (unpaired) electrons. The summed E-state index contributed by atoms with van der Waals surface area (Å²) in [6.07, 6.45) is 0.715. The molecule has 3 rings (SSSR count). The Bertz CT molecular complexity index is 898. The van der Waals surface area contributed by atoms with Crippen molar-refractivity contribution in [2.45, 2.75) is 23.7 Å². The first-order chi connectivity index (χ1) is 12.0. The van der Waals surface area contributed by atoms with E-state index in [0.29, 0.717) is 28.2 Å². The van der Waals surface area contributed by atoms with Gasteiger partial charge in [-0.3, -0.25) is 4.79 Å². The maximum absolute atomic E-state index is 12.7. The molecule has 0 saturated heterocycles. The molecule has 3 nitrogen and oxygen atoms in total. The molecule has 2 aromatic carbocycles. The second-order valence-electron chi connectivity index (χ2n) is 5.65. The summed E-state index contributed by atoms with van der Waals surface area (Å²) in [5, 5.41) is 19.7. The number of thioether (sulfide) groups is 1. The van der Waals surface area contributed by atoms with Gasteiger partial charge in [0.05, 0.1) is 10.5 Å². The first kappa shape index (κ1) is 18.2. The van der Waals surface area contributed by atoms with E-state index in [1.807, 2.05) is 24.3 Å². The minimum atomic E-state index is -0.103. The van der Waals surface area contributed by atoms with Crippen molar-refractivity contribution in [3.05, 3.63) is 73.2 Å². The van der Waals surface area contributed by atoms with Crippen molar-refractivity contribution in [2.75, 3.05) is 0 Å². The Kier molecular flexibility index (Phi) is 5.67. The van der Waals surface area contributed by atoms with Crippen LogP contribution in [0.25, 0.3) is 0 Å². The molecule has 0 fully saturated rings. The van der Waals surface area contributed by atoms with Gasteiger partial charge in [-0.05, 0) is 29.8 Å². The first-order valence-corrected chi connectivity index (χ1v) is 9.97. The van der Waals surface area contributed by atoms with Crippen LogP contribution in [0.1, 0.15) is 29.9 Å². The highest BCUT2D eigenvalue weighted by Crippen LogP contribution is 2.44. The van der Waals surface area contributed by atoms with Crippen LogP contribution < -0.4 is 0 Å². The number of carbonyl (C=O) groups is 1. The molecule has 1 N–H and O–H groups in total. The van der Waals surface area contributed by atoms with Gasteiger partial charge in [-0.2, -0.15) is 5.26 Å². The molecule has 6 heteroatoms. The summed E-state index contributed by atoms with van der Waals surface area (Å²) in [6.45, 7) is 0. The lowest BCUT2D eigenvalue weighted by Gasteiger charge is -2.25. The number of rotatable bonds is 3. The van der Waals surface area contributed by atoms with Crippen molar-refractivity contribution in [1.29, 1.82) is 5.26 Å². The van der Waals surface area contributed by atoms with Gasteiger partial charge in [0.15, 0.2) is 5.78 Å². The smallest absolute Gasteiger partial charge is 0.173 e. The Labute approximate surface area is 167 Å². The van der Waals surface area contributed by atoms with Crippen LogP contribution in [0.4, 0.5) is 0 Å². The molecule has 0 aromatic heterocycles. The molecule has 0 aliphatic heterocycles. The van der Waals surface area contributed by atoms with Crippen LogP contribution in [0.5, 0.6) is 0 Å². The molecule has 25 heavy (non-hydrogen) atoms. The maximum Gasteiger partial charge on any atom is 0.173 e. The normalized spacial score (nSPS) is 17.5. The minimum Gasteiger partial charge on any atom is -0.511 e. The summed E-state index contributed by atoms with van der Waals surface area (Å²) in [4.78, 5) is 13.7. The van der Waals surface area contributed by atoms with E-state index in [-0.39, 0.29) is 17.5 Å². The van der Waals surface area contributed by atoms with Crippen LogP contribution >= 0.6 is 43.6 Å². The largest absolute Gasteiger partial charge is 0.511 e. The van der Waals surface area contributed by atoms with E-state index in [2.05, 4.69) is 37.9 Å². The van der Waals surface area contributed by atoms with Gasteiger partial charge in [0.2, 0.25) is 0 Å². The second kappa shape index (κ2) is 7.77. The number of benzene rings is 2. The van der Waals surface area contributed by atoms with Crippen LogP contribution in [0.3, 0.4) is 0 Å². The van der Waals surface area contributed by atoms with E-state index >= 15 is 0 Å². The molecular weight excluding hydrogens is 466 g/mol. The van der Waals surface area contributed by atoms with E-state index in [4.69, 9.17) is 0 Å². The van der Waals surface area contributed by atoms with Gasteiger partial charge in [0, 0.05) is 32.6 Å². The SMILES string of the molecule is N#Cc1ccccc1SC1=C(O)CC(c2c(Br)cccc2Br)CC1=O. The molecule has 1 unspecified atom stereocenters. The average Bonchev–Trinajstić information content (AvgIpc) is 2.58. The maximum atomic E-state index is 12.7. The molecule has 1 atom stereocenters. The number of nitrogens with zero attached hydrogens (tertiary/aromatic N) is 1. The molecule has 0 saturated carbocycles.